The smallest absolute Gasteiger partial charge is 0.140 e. The van der Waals surface area contributed by atoms with Crippen molar-refractivity contribution in [3.63, 3.8) is 0 Å². The molecule has 0 saturated carbocycles. The maximum Gasteiger partial charge on any atom is 0.140 e. The SMILES string of the molecule is CC(CN)N1CCN(c2ncnc3sccc23)CC1. The van der Waals surface area contributed by atoms with E-state index in [2.05, 4.69) is 38.1 Å². The summed E-state index contributed by atoms with van der Waals surface area (Å²) in [5.41, 5.74) is 5.73. The van der Waals surface area contributed by atoms with Gasteiger partial charge in [0.25, 0.3) is 0 Å². The molecule has 1 atom stereocenters. The molecule has 0 radical (unpaired) electrons. The lowest BCUT2D eigenvalue weighted by molar-refractivity contribution is 0.201. The number of aromatic nitrogens is 2. The van der Waals surface area contributed by atoms with Gasteiger partial charge in [-0.25, -0.2) is 9.97 Å². The van der Waals surface area contributed by atoms with Crippen molar-refractivity contribution in [3.05, 3.63) is 17.8 Å². The van der Waals surface area contributed by atoms with E-state index in [4.69, 9.17) is 5.73 Å². The predicted molar refractivity (Wildman–Crippen MR) is 79.7 cm³/mol. The molecule has 0 spiro atoms. The van der Waals surface area contributed by atoms with Crippen LogP contribution in [-0.4, -0.2) is 53.6 Å². The van der Waals surface area contributed by atoms with Crippen LogP contribution in [0, 0.1) is 0 Å². The van der Waals surface area contributed by atoms with Crippen LogP contribution in [0.25, 0.3) is 10.2 Å². The molecule has 102 valence electrons. The maximum atomic E-state index is 5.73. The Bertz CT molecular complexity index is 547. The molecule has 2 N–H and O–H groups in total. The summed E-state index contributed by atoms with van der Waals surface area (Å²) in [5, 5.41) is 3.25. The Kier molecular flexibility index (Phi) is 3.63. The van der Waals surface area contributed by atoms with Crippen molar-refractivity contribution >= 4 is 27.4 Å². The third kappa shape index (κ3) is 2.43. The second kappa shape index (κ2) is 5.40. The highest BCUT2D eigenvalue weighted by atomic mass is 32.1. The fourth-order valence-corrected chi connectivity index (χ4v) is 3.28. The fourth-order valence-electron chi connectivity index (χ4n) is 2.55. The Morgan fingerprint density at radius 2 is 2.11 bits per heavy atom. The Labute approximate surface area is 117 Å². The van der Waals surface area contributed by atoms with E-state index in [-0.39, 0.29) is 0 Å². The molecule has 0 amide bonds. The van der Waals surface area contributed by atoms with E-state index in [0.717, 1.165) is 43.4 Å². The first-order valence-corrected chi connectivity index (χ1v) is 7.55. The standard InChI is InChI=1S/C13H19N5S/c1-10(8-14)17-3-5-18(6-4-17)12-11-2-7-19-13(11)16-9-15-12/h2,7,9-10H,3-6,8,14H2,1H3. The highest BCUT2D eigenvalue weighted by Crippen LogP contribution is 2.27. The molecule has 19 heavy (non-hydrogen) atoms. The van der Waals surface area contributed by atoms with Crippen molar-refractivity contribution in [3.8, 4) is 0 Å². The molecule has 3 heterocycles. The van der Waals surface area contributed by atoms with Crippen LogP contribution in [0.15, 0.2) is 17.8 Å². The molecule has 3 rings (SSSR count). The van der Waals surface area contributed by atoms with Gasteiger partial charge in [0.05, 0.1) is 5.39 Å². The number of anilines is 1. The Morgan fingerprint density at radius 1 is 1.32 bits per heavy atom. The Morgan fingerprint density at radius 3 is 2.84 bits per heavy atom. The molecule has 1 aliphatic heterocycles. The van der Waals surface area contributed by atoms with Gasteiger partial charge in [-0.2, -0.15) is 0 Å². The van der Waals surface area contributed by atoms with Gasteiger partial charge in [-0.15, -0.1) is 11.3 Å². The molecule has 2 aromatic rings. The van der Waals surface area contributed by atoms with Gasteiger partial charge in [-0.1, -0.05) is 0 Å². The van der Waals surface area contributed by atoms with Gasteiger partial charge >= 0.3 is 0 Å². The van der Waals surface area contributed by atoms with Crippen molar-refractivity contribution < 1.29 is 0 Å². The summed E-state index contributed by atoms with van der Waals surface area (Å²) in [4.78, 5) is 14.7. The minimum atomic E-state index is 0.466. The van der Waals surface area contributed by atoms with E-state index in [1.165, 1.54) is 5.39 Å². The number of nitrogens with zero attached hydrogens (tertiary/aromatic N) is 4. The molecule has 0 bridgehead atoms. The maximum absolute atomic E-state index is 5.73. The summed E-state index contributed by atoms with van der Waals surface area (Å²) in [6.45, 7) is 7.03. The molecule has 6 heteroatoms. The number of thiophene rings is 1. The zero-order chi connectivity index (χ0) is 13.2. The summed E-state index contributed by atoms with van der Waals surface area (Å²) in [5.74, 6) is 1.08. The van der Waals surface area contributed by atoms with Gasteiger partial charge < -0.3 is 10.6 Å². The normalized spacial score (nSPS) is 18.9. The zero-order valence-electron chi connectivity index (χ0n) is 11.1. The van der Waals surface area contributed by atoms with Crippen LogP contribution in [-0.2, 0) is 0 Å². The third-order valence-electron chi connectivity index (χ3n) is 3.82. The fraction of sp³-hybridized carbons (Fsp3) is 0.538. The van der Waals surface area contributed by atoms with Gasteiger partial charge in [-0.3, -0.25) is 4.90 Å². The summed E-state index contributed by atoms with van der Waals surface area (Å²) < 4.78 is 0. The number of hydrogen-bond donors (Lipinski definition) is 1. The minimum absolute atomic E-state index is 0.466. The lowest BCUT2D eigenvalue weighted by Gasteiger charge is -2.38. The van der Waals surface area contributed by atoms with Gasteiger partial charge in [0.1, 0.15) is 17.0 Å². The molecule has 1 saturated heterocycles. The van der Waals surface area contributed by atoms with Crippen molar-refractivity contribution in [1.29, 1.82) is 0 Å². The number of nitrogens with two attached hydrogens (primary N) is 1. The molecule has 0 aromatic carbocycles. The van der Waals surface area contributed by atoms with Gasteiger partial charge in [0, 0.05) is 38.8 Å². The van der Waals surface area contributed by atoms with Crippen molar-refractivity contribution in [2.45, 2.75) is 13.0 Å². The van der Waals surface area contributed by atoms with Gasteiger partial charge in [-0.05, 0) is 18.4 Å². The van der Waals surface area contributed by atoms with Crippen LogP contribution >= 0.6 is 11.3 Å². The average molecular weight is 277 g/mol. The molecule has 1 unspecified atom stereocenters. The highest BCUT2D eigenvalue weighted by molar-refractivity contribution is 7.16. The predicted octanol–water partition coefficient (Wildman–Crippen LogP) is 1.16. The van der Waals surface area contributed by atoms with Gasteiger partial charge in [0.2, 0.25) is 0 Å². The number of fused-ring (bicyclic) bond motifs is 1. The van der Waals surface area contributed by atoms with Crippen LogP contribution in [0.4, 0.5) is 5.82 Å². The summed E-state index contributed by atoms with van der Waals surface area (Å²) in [6.07, 6.45) is 1.67. The Hall–Kier alpha value is -1.24. The lowest BCUT2D eigenvalue weighted by atomic mass is 10.2. The second-order valence-corrected chi connectivity index (χ2v) is 5.84. The van der Waals surface area contributed by atoms with E-state index in [9.17, 15) is 0 Å². The zero-order valence-corrected chi connectivity index (χ0v) is 11.9. The first-order valence-electron chi connectivity index (χ1n) is 6.67. The third-order valence-corrected chi connectivity index (χ3v) is 4.64. The van der Waals surface area contributed by atoms with E-state index in [0.29, 0.717) is 6.04 Å². The Balaban J connectivity index is 1.76. The largest absolute Gasteiger partial charge is 0.353 e. The monoisotopic (exact) mass is 277 g/mol. The molecule has 1 fully saturated rings. The quantitative estimate of drug-likeness (QED) is 0.912. The van der Waals surface area contributed by atoms with E-state index in [1.54, 1.807) is 17.7 Å². The molecule has 2 aromatic heterocycles. The van der Waals surface area contributed by atoms with Crippen molar-refractivity contribution in [2.24, 2.45) is 5.73 Å². The summed E-state index contributed by atoms with van der Waals surface area (Å²) >= 11 is 1.67. The summed E-state index contributed by atoms with van der Waals surface area (Å²) in [6, 6.07) is 2.58. The van der Waals surface area contributed by atoms with Gasteiger partial charge in [0.15, 0.2) is 0 Å². The van der Waals surface area contributed by atoms with Crippen LogP contribution in [0.3, 0.4) is 0 Å². The highest BCUT2D eigenvalue weighted by Gasteiger charge is 2.22. The van der Waals surface area contributed by atoms with Crippen LogP contribution in [0.2, 0.25) is 0 Å². The molecular formula is C13H19N5S. The number of hydrogen-bond acceptors (Lipinski definition) is 6. The average Bonchev–Trinajstić information content (AvgIpc) is 2.95. The molecule has 1 aliphatic rings. The van der Waals surface area contributed by atoms with E-state index < -0.39 is 0 Å². The lowest BCUT2D eigenvalue weighted by Crippen LogP contribution is -2.51. The van der Waals surface area contributed by atoms with Crippen molar-refractivity contribution in [2.75, 3.05) is 37.6 Å². The minimum Gasteiger partial charge on any atom is -0.353 e. The first kappa shape index (κ1) is 12.8. The van der Waals surface area contributed by atoms with Crippen LogP contribution in [0.1, 0.15) is 6.92 Å². The topological polar surface area (TPSA) is 58.3 Å². The van der Waals surface area contributed by atoms with Crippen molar-refractivity contribution in [1.82, 2.24) is 14.9 Å². The van der Waals surface area contributed by atoms with E-state index >= 15 is 0 Å². The van der Waals surface area contributed by atoms with Crippen LogP contribution < -0.4 is 10.6 Å². The molecular weight excluding hydrogens is 258 g/mol. The first-order chi connectivity index (χ1) is 9.29. The molecule has 0 aliphatic carbocycles. The van der Waals surface area contributed by atoms with Crippen LogP contribution in [0.5, 0.6) is 0 Å². The van der Waals surface area contributed by atoms with E-state index in [1.807, 2.05) is 0 Å². The molecule has 5 nitrogen and oxygen atoms in total. The summed E-state index contributed by atoms with van der Waals surface area (Å²) in [7, 11) is 0. The number of rotatable bonds is 3. The second-order valence-electron chi connectivity index (χ2n) is 4.94. The number of piperazine rings is 1.